The van der Waals surface area contributed by atoms with Gasteiger partial charge < -0.3 is 14.5 Å². The van der Waals surface area contributed by atoms with Crippen molar-refractivity contribution in [3.8, 4) is 5.75 Å². The molecule has 126 valence electrons. The van der Waals surface area contributed by atoms with E-state index in [1.54, 1.807) is 22.8 Å². The van der Waals surface area contributed by atoms with Gasteiger partial charge in [-0.25, -0.2) is 0 Å². The number of hydrogen-bond donors (Lipinski definition) is 0. The molecule has 2 aromatic rings. The van der Waals surface area contributed by atoms with Crippen molar-refractivity contribution in [1.82, 2.24) is 4.90 Å². The molecule has 1 aliphatic heterocycles. The van der Waals surface area contributed by atoms with Crippen LogP contribution in [-0.2, 0) is 4.79 Å². The largest absolute Gasteiger partial charge is 0.494 e. The van der Waals surface area contributed by atoms with Gasteiger partial charge in [-0.3, -0.25) is 9.59 Å². The van der Waals surface area contributed by atoms with Crippen molar-refractivity contribution >= 4 is 28.8 Å². The summed E-state index contributed by atoms with van der Waals surface area (Å²) in [5.74, 6) is 0.653. The van der Waals surface area contributed by atoms with Crippen LogP contribution in [0, 0.1) is 0 Å². The highest BCUT2D eigenvalue weighted by atomic mass is 32.1. The molecule has 6 heteroatoms. The number of ether oxygens (including phenoxy) is 1. The molecule has 0 spiro atoms. The predicted molar refractivity (Wildman–Crippen MR) is 94.8 cm³/mol. The lowest BCUT2D eigenvalue weighted by molar-refractivity contribution is -0.124. The zero-order valence-electron chi connectivity index (χ0n) is 13.8. The summed E-state index contributed by atoms with van der Waals surface area (Å²) < 4.78 is 5.43. The number of rotatable bonds is 4. The summed E-state index contributed by atoms with van der Waals surface area (Å²) in [6.07, 6.45) is 0. The number of hydrogen-bond acceptors (Lipinski definition) is 4. The molecule has 1 unspecified atom stereocenters. The number of anilines is 1. The molecule has 5 nitrogen and oxygen atoms in total. The van der Waals surface area contributed by atoms with Crippen molar-refractivity contribution < 1.29 is 14.3 Å². The maximum Gasteiger partial charge on any atom is 0.264 e. The van der Waals surface area contributed by atoms with Gasteiger partial charge in [0.1, 0.15) is 11.8 Å². The number of thiophene rings is 1. The quantitative estimate of drug-likeness (QED) is 0.857. The van der Waals surface area contributed by atoms with Crippen LogP contribution in [0.2, 0.25) is 0 Å². The van der Waals surface area contributed by atoms with Crippen LogP contribution >= 0.6 is 11.3 Å². The first-order chi connectivity index (χ1) is 11.6. The molecular formula is C18H20N2O3S. The Labute approximate surface area is 145 Å². The fourth-order valence-corrected chi connectivity index (χ4v) is 3.51. The van der Waals surface area contributed by atoms with E-state index in [0.717, 1.165) is 11.4 Å². The van der Waals surface area contributed by atoms with Crippen LogP contribution in [0.4, 0.5) is 5.69 Å². The minimum Gasteiger partial charge on any atom is -0.494 e. The number of piperazine rings is 1. The zero-order valence-corrected chi connectivity index (χ0v) is 14.6. The molecule has 2 heterocycles. The first-order valence-electron chi connectivity index (χ1n) is 8.00. The summed E-state index contributed by atoms with van der Waals surface area (Å²) in [6, 6.07) is 10.7. The number of benzene rings is 1. The summed E-state index contributed by atoms with van der Waals surface area (Å²) in [4.78, 5) is 29.3. The van der Waals surface area contributed by atoms with Crippen molar-refractivity contribution in [2.24, 2.45) is 0 Å². The third-order valence-corrected chi connectivity index (χ3v) is 4.97. The maximum absolute atomic E-state index is 12.7. The van der Waals surface area contributed by atoms with Crippen LogP contribution in [-0.4, -0.2) is 42.5 Å². The molecule has 3 rings (SSSR count). The van der Waals surface area contributed by atoms with Gasteiger partial charge >= 0.3 is 0 Å². The number of carbonyl (C=O) groups excluding carboxylic acids is 2. The maximum atomic E-state index is 12.7. The lowest BCUT2D eigenvalue weighted by Crippen LogP contribution is -2.57. The second-order valence-corrected chi connectivity index (χ2v) is 6.52. The van der Waals surface area contributed by atoms with Gasteiger partial charge in [0.15, 0.2) is 0 Å². The Balaban J connectivity index is 1.73. The molecule has 1 aromatic carbocycles. The van der Waals surface area contributed by atoms with Crippen LogP contribution in [0.5, 0.6) is 5.75 Å². The van der Waals surface area contributed by atoms with Crippen LogP contribution in [0.25, 0.3) is 0 Å². The molecule has 1 saturated heterocycles. The van der Waals surface area contributed by atoms with Crippen molar-refractivity contribution in [3.63, 3.8) is 0 Å². The first-order valence-corrected chi connectivity index (χ1v) is 8.88. The minimum atomic E-state index is -0.472. The fourth-order valence-electron chi connectivity index (χ4n) is 2.83. The Morgan fingerprint density at radius 1 is 1.25 bits per heavy atom. The van der Waals surface area contributed by atoms with E-state index >= 15 is 0 Å². The van der Waals surface area contributed by atoms with E-state index in [1.807, 2.05) is 42.6 Å². The Bertz CT molecular complexity index is 712. The van der Waals surface area contributed by atoms with E-state index < -0.39 is 6.04 Å². The lowest BCUT2D eigenvalue weighted by Gasteiger charge is -2.39. The number of carbonyl (C=O) groups is 2. The average molecular weight is 344 g/mol. The van der Waals surface area contributed by atoms with Gasteiger partial charge in [0.05, 0.1) is 11.5 Å². The van der Waals surface area contributed by atoms with E-state index in [4.69, 9.17) is 4.74 Å². The molecular weight excluding hydrogens is 324 g/mol. The monoisotopic (exact) mass is 344 g/mol. The highest BCUT2D eigenvalue weighted by molar-refractivity contribution is 7.12. The topological polar surface area (TPSA) is 49.9 Å². The van der Waals surface area contributed by atoms with Gasteiger partial charge in [-0.2, -0.15) is 0 Å². The van der Waals surface area contributed by atoms with Gasteiger partial charge in [0.2, 0.25) is 5.91 Å². The summed E-state index contributed by atoms with van der Waals surface area (Å²) in [6.45, 7) is 5.35. The third-order valence-electron chi connectivity index (χ3n) is 4.11. The molecule has 2 amide bonds. The molecule has 1 fully saturated rings. The van der Waals surface area contributed by atoms with E-state index in [2.05, 4.69) is 0 Å². The predicted octanol–water partition coefficient (Wildman–Crippen LogP) is 3.02. The second kappa shape index (κ2) is 7.05. The standard InChI is InChI=1S/C18H20N2O3S/c1-3-23-15-8-6-14(7-9-15)20-11-10-19(13(2)17(20)21)18(22)16-5-4-12-24-16/h4-9,12-13H,3,10-11H2,1-2H3. The zero-order chi connectivity index (χ0) is 17.1. The SMILES string of the molecule is CCOc1ccc(N2CCN(C(=O)c3cccs3)C(C)C2=O)cc1. The van der Waals surface area contributed by atoms with Crippen LogP contribution in [0.1, 0.15) is 23.5 Å². The third kappa shape index (κ3) is 3.14. The summed E-state index contributed by atoms with van der Waals surface area (Å²) in [5, 5.41) is 1.87. The summed E-state index contributed by atoms with van der Waals surface area (Å²) in [5.41, 5.74) is 0.832. The van der Waals surface area contributed by atoms with E-state index in [1.165, 1.54) is 11.3 Å². The Morgan fingerprint density at radius 3 is 2.62 bits per heavy atom. The first kappa shape index (κ1) is 16.5. The minimum absolute atomic E-state index is 0.0599. The molecule has 0 N–H and O–H groups in total. The molecule has 0 aliphatic carbocycles. The summed E-state index contributed by atoms with van der Waals surface area (Å²) in [7, 11) is 0. The highest BCUT2D eigenvalue weighted by Gasteiger charge is 2.35. The Morgan fingerprint density at radius 2 is 2.00 bits per heavy atom. The molecule has 0 saturated carbocycles. The van der Waals surface area contributed by atoms with Crippen LogP contribution in [0.3, 0.4) is 0 Å². The van der Waals surface area contributed by atoms with E-state index in [0.29, 0.717) is 24.6 Å². The van der Waals surface area contributed by atoms with Gasteiger partial charge in [-0.15, -0.1) is 11.3 Å². The van der Waals surface area contributed by atoms with Crippen molar-refractivity contribution in [2.45, 2.75) is 19.9 Å². The van der Waals surface area contributed by atoms with Gasteiger partial charge in [-0.1, -0.05) is 6.07 Å². The smallest absolute Gasteiger partial charge is 0.264 e. The molecule has 1 aromatic heterocycles. The molecule has 24 heavy (non-hydrogen) atoms. The molecule has 1 aliphatic rings. The van der Waals surface area contributed by atoms with E-state index in [9.17, 15) is 9.59 Å². The Hall–Kier alpha value is -2.34. The van der Waals surface area contributed by atoms with Crippen molar-refractivity contribution in [3.05, 3.63) is 46.7 Å². The van der Waals surface area contributed by atoms with Crippen LogP contribution < -0.4 is 9.64 Å². The molecule has 0 radical (unpaired) electrons. The lowest BCUT2D eigenvalue weighted by atomic mass is 10.1. The summed E-state index contributed by atoms with van der Waals surface area (Å²) >= 11 is 1.40. The van der Waals surface area contributed by atoms with Gasteiger partial charge in [0, 0.05) is 18.8 Å². The second-order valence-electron chi connectivity index (χ2n) is 5.57. The fraction of sp³-hybridized carbons (Fsp3) is 0.333. The molecule has 1 atom stereocenters. The normalized spacial score (nSPS) is 17.9. The number of nitrogens with zero attached hydrogens (tertiary/aromatic N) is 2. The van der Waals surface area contributed by atoms with Crippen molar-refractivity contribution in [1.29, 1.82) is 0 Å². The average Bonchev–Trinajstić information content (AvgIpc) is 3.12. The van der Waals surface area contributed by atoms with E-state index in [-0.39, 0.29) is 11.8 Å². The van der Waals surface area contributed by atoms with Gasteiger partial charge in [-0.05, 0) is 49.6 Å². The van der Waals surface area contributed by atoms with Crippen molar-refractivity contribution in [2.75, 3.05) is 24.6 Å². The number of amides is 2. The van der Waals surface area contributed by atoms with Crippen LogP contribution in [0.15, 0.2) is 41.8 Å². The van der Waals surface area contributed by atoms with Gasteiger partial charge in [0.25, 0.3) is 5.91 Å². The highest BCUT2D eigenvalue weighted by Crippen LogP contribution is 2.24. The molecule has 0 bridgehead atoms. The Kier molecular flexibility index (Phi) is 4.85.